The molecule has 0 saturated carbocycles. The molecule has 11 nitrogen and oxygen atoms in total. The number of aliphatic hydroxyl groups excluding tert-OH is 8. The van der Waals surface area contributed by atoms with Crippen molar-refractivity contribution in [3.8, 4) is 0 Å². The highest BCUT2D eigenvalue weighted by atomic mass is 16.7. The van der Waals surface area contributed by atoms with E-state index in [9.17, 15) is 20.4 Å². The van der Waals surface area contributed by atoms with Gasteiger partial charge in [0.2, 0.25) is 5.79 Å². The molecule has 0 aromatic rings. The van der Waals surface area contributed by atoms with Gasteiger partial charge in [-0.1, -0.05) is 0 Å². The molecule has 2 aliphatic heterocycles. The third-order valence-electron chi connectivity index (χ3n) is 4.06. The second-order valence-corrected chi connectivity index (χ2v) is 5.81. The van der Waals surface area contributed by atoms with Crippen LogP contribution in [0.3, 0.4) is 0 Å². The minimum Gasteiger partial charge on any atom is -0.394 e. The van der Waals surface area contributed by atoms with Crippen molar-refractivity contribution in [2.75, 3.05) is 19.8 Å². The Kier molecular flexibility index (Phi) is 7.90. The van der Waals surface area contributed by atoms with E-state index >= 15 is 0 Å². The Morgan fingerprint density at radius 3 is 1.71 bits per heavy atom. The van der Waals surface area contributed by atoms with Crippen LogP contribution in [0.25, 0.3) is 0 Å². The highest BCUT2D eigenvalue weighted by molar-refractivity contribution is 4.94. The van der Waals surface area contributed by atoms with Gasteiger partial charge in [-0.05, 0) is 6.92 Å². The number of rotatable bonds is 3. The molecule has 2 aliphatic rings. The largest absolute Gasteiger partial charge is 0.394 e. The Morgan fingerprint density at radius 1 is 0.792 bits per heavy atom. The summed E-state index contributed by atoms with van der Waals surface area (Å²) in [5.74, 6) is -2.16. The van der Waals surface area contributed by atoms with Crippen LogP contribution < -0.4 is 0 Å². The van der Waals surface area contributed by atoms with E-state index in [1.165, 1.54) is 0 Å². The van der Waals surface area contributed by atoms with E-state index in [0.29, 0.717) is 0 Å². The lowest BCUT2D eigenvalue weighted by atomic mass is 9.96. The molecule has 0 aromatic carbocycles. The zero-order valence-electron chi connectivity index (χ0n) is 13.1. The number of ether oxygens (including phenoxy) is 2. The summed E-state index contributed by atoms with van der Waals surface area (Å²) in [6, 6.07) is 0. The van der Waals surface area contributed by atoms with Crippen molar-refractivity contribution < 1.29 is 55.4 Å². The first kappa shape index (κ1) is 21.6. The molecular weight excluding hydrogens is 332 g/mol. The van der Waals surface area contributed by atoms with Gasteiger partial charge in [0.15, 0.2) is 0 Å². The summed E-state index contributed by atoms with van der Waals surface area (Å²) in [6.45, 7) is -0.153. The number of hydrogen-bond donors (Lipinski definition) is 9. The van der Waals surface area contributed by atoms with Gasteiger partial charge in [0, 0.05) is 0 Å². The highest BCUT2D eigenvalue weighted by Gasteiger charge is 2.52. The Bertz CT molecular complexity index is 371. The van der Waals surface area contributed by atoms with Gasteiger partial charge < -0.3 is 55.4 Å². The monoisotopic (exact) mass is 358 g/mol. The first-order valence-corrected chi connectivity index (χ1v) is 7.41. The molecule has 9 unspecified atom stereocenters. The van der Waals surface area contributed by atoms with Crippen LogP contribution in [0.5, 0.6) is 0 Å². The van der Waals surface area contributed by atoms with Crippen LogP contribution in [0.4, 0.5) is 0 Å². The number of hydrogen-bond acceptors (Lipinski definition) is 11. The lowest BCUT2D eigenvalue weighted by molar-refractivity contribution is -0.248. The SMILES string of the molecule is CC1OC(CO)C(O)C(O)C1O.OCC1OC(O)(CO)C(O)C1O. The fourth-order valence-electron chi connectivity index (χ4n) is 2.44. The second-order valence-electron chi connectivity index (χ2n) is 5.81. The summed E-state index contributed by atoms with van der Waals surface area (Å²) in [5.41, 5.74) is 0. The van der Waals surface area contributed by atoms with Gasteiger partial charge in [0.1, 0.15) is 42.7 Å². The maximum absolute atomic E-state index is 9.25. The van der Waals surface area contributed by atoms with Crippen LogP contribution in [-0.2, 0) is 9.47 Å². The van der Waals surface area contributed by atoms with Crippen molar-refractivity contribution in [3.63, 3.8) is 0 Å². The topological polar surface area (TPSA) is 201 Å². The summed E-state index contributed by atoms with van der Waals surface area (Å²) < 4.78 is 9.65. The normalized spacial score (nSPS) is 48.8. The van der Waals surface area contributed by atoms with Crippen molar-refractivity contribution in [2.24, 2.45) is 0 Å². The Balaban J connectivity index is 0.000000240. The summed E-state index contributed by atoms with van der Waals surface area (Å²) in [6.07, 6.45) is -8.97. The molecule has 0 aromatic heterocycles. The quantitative estimate of drug-likeness (QED) is 0.233. The Morgan fingerprint density at radius 2 is 1.33 bits per heavy atom. The van der Waals surface area contributed by atoms with E-state index in [4.69, 9.17) is 30.3 Å². The van der Waals surface area contributed by atoms with Gasteiger partial charge in [-0.2, -0.15) is 0 Å². The van der Waals surface area contributed by atoms with E-state index in [0.717, 1.165) is 0 Å². The Hall–Kier alpha value is -0.440. The predicted molar refractivity (Wildman–Crippen MR) is 75.4 cm³/mol. The Labute approximate surface area is 137 Å². The summed E-state index contributed by atoms with van der Waals surface area (Å²) >= 11 is 0. The fourth-order valence-corrected chi connectivity index (χ4v) is 2.44. The fraction of sp³-hybridized carbons (Fsp3) is 1.00. The van der Waals surface area contributed by atoms with E-state index in [1.807, 2.05) is 0 Å². The van der Waals surface area contributed by atoms with Crippen molar-refractivity contribution in [2.45, 2.75) is 61.5 Å². The number of aliphatic hydroxyl groups is 9. The molecule has 11 heteroatoms. The van der Waals surface area contributed by atoms with E-state index < -0.39 is 67.8 Å². The van der Waals surface area contributed by atoms with Crippen LogP contribution in [0.1, 0.15) is 6.92 Å². The molecule has 144 valence electrons. The molecule has 0 aliphatic carbocycles. The zero-order valence-corrected chi connectivity index (χ0v) is 13.1. The molecule has 2 saturated heterocycles. The smallest absolute Gasteiger partial charge is 0.219 e. The molecular formula is C13H26O11. The van der Waals surface area contributed by atoms with Crippen molar-refractivity contribution in [1.82, 2.24) is 0 Å². The van der Waals surface area contributed by atoms with Crippen molar-refractivity contribution in [1.29, 1.82) is 0 Å². The first-order chi connectivity index (χ1) is 11.1. The summed E-state index contributed by atoms with van der Waals surface area (Å²) in [5, 5.41) is 81.1. The molecule has 9 N–H and O–H groups in total. The third-order valence-corrected chi connectivity index (χ3v) is 4.06. The predicted octanol–water partition coefficient (Wildman–Crippen LogP) is -5.37. The molecule has 0 amide bonds. The summed E-state index contributed by atoms with van der Waals surface area (Å²) in [4.78, 5) is 0. The second kappa shape index (κ2) is 8.78. The lowest BCUT2D eigenvalue weighted by Crippen LogP contribution is -2.57. The maximum Gasteiger partial charge on any atom is 0.219 e. The molecule has 9 atom stereocenters. The molecule has 2 rings (SSSR count). The van der Waals surface area contributed by atoms with Gasteiger partial charge >= 0.3 is 0 Å². The molecule has 24 heavy (non-hydrogen) atoms. The molecule has 2 heterocycles. The van der Waals surface area contributed by atoms with Gasteiger partial charge in [-0.25, -0.2) is 0 Å². The molecule has 0 radical (unpaired) electrons. The highest BCUT2D eigenvalue weighted by Crippen LogP contribution is 2.28. The first-order valence-electron chi connectivity index (χ1n) is 7.41. The molecule has 0 bridgehead atoms. The van der Waals surface area contributed by atoms with Gasteiger partial charge in [0.25, 0.3) is 0 Å². The van der Waals surface area contributed by atoms with E-state index in [2.05, 4.69) is 4.74 Å². The molecule has 2 fully saturated rings. The van der Waals surface area contributed by atoms with Gasteiger partial charge in [-0.3, -0.25) is 0 Å². The summed E-state index contributed by atoms with van der Waals surface area (Å²) in [7, 11) is 0. The van der Waals surface area contributed by atoms with E-state index in [-0.39, 0.29) is 6.61 Å². The van der Waals surface area contributed by atoms with Gasteiger partial charge in [0.05, 0.1) is 25.9 Å². The minimum absolute atomic E-state index is 0.366. The zero-order chi connectivity index (χ0) is 18.7. The van der Waals surface area contributed by atoms with Gasteiger partial charge in [-0.15, -0.1) is 0 Å². The van der Waals surface area contributed by atoms with Crippen LogP contribution in [0, 0.1) is 0 Å². The van der Waals surface area contributed by atoms with Crippen molar-refractivity contribution in [3.05, 3.63) is 0 Å². The van der Waals surface area contributed by atoms with E-state index in [1.54, 1.807) is 6.92 Å². The maximum atomic E-state index is 9.25. The average molecular weight is 358 g/mol. The third kappa shape index (κ3) is 4.39. The molecule has 0 spiro atoms. The standard InChI is InChI=1S/C7H14O5.C6H12O6/c1-3-5(9)7(11)6(10)4(2-8)12-3;7-1-3-4(9)5(10)6(11,2-8)12-3/h3-11H,2H2,1H3;3-5,7-11H,1-2H2. The minimum atomic E-state index is -2.16. The van der Waals surface area contributed by atoms with Crippen LogP contribution in [-0.4, -0.2) is 120 Å². The lowest BCUT2D eigenvalue weighted by Gasteiger charge is -2.38. The van der Waals surface area contributed by atoms with Crippen LogP contribution in [0.2, 0.25) is 0 Å². The van der Waals surface area contributed by atoms with Crippen LogP contribution in [0.15, 0.2) is 0 Å². The van der Waals surface area contributed by atoms with Crippen molar-refractivity contribution >= 4 is 0 Å². The van der Waals surface area contributed by atoms with Crippen LogP contribution >= 0.6 is 0 Å². The average Bonchev–Trinajstić information content (AvgIpc) is 2.81.